The summed E-state index contributed by atoms with van der Waals surface area (Å²) >= 11 is 0. The Labute approximate surface area is 136 Å². The van der Waals surface area contributed by atoms with Crippen molar-refractivity contribution in [3.63, 3.8) is 0 Å². The zero-order chi connectivity index (χ0) is 16.9. The van der Waals surface area contributed by atoms with Gasteiger partial charge in [0, 0.05) is 31.1 Å². The van der Waals surface area contributed by atoms with Gasteiger partial charge in [0.15, 0.2) is 0 Å². The summed E-state index contributed by atoms with van der Waals surface area (Å²) in [5.41, 5.74) is 6.05. The van der Waals surface area contributed by atoms with Crippen LogP contribution in [0.5, 0.6) is 0 Å². The van der Waals surface area contributed by atoms with Gasteiger partial charge >= 0.3 is 0 Å². The molecule has 0 saturated carbocycles. The van der Waals surface area contributed by atoms with E-state index in [1.807, 2.05) is 6.92 Å². The predicted octanol–water partition coefficient (Wildman–Crippen LogP) is 1.22. The molecule has 0 aromatic heterocycles. The molecule has 0 aliphatic carbocycles. The molecule has 0 fully saturated rings. The highest BCUT2D eigenvalue weighted by Gasteiger charge is 2.18. The molecular weight excluding hydrogens is 316 g/mol. The SMILES string of the molecule is CC(N)CCC(=O)Nc1cccc(S(=O)(=O)NC2=NCCC2)c1. The van der Waals surface area contributed by atoms with Crippen molar-refractivity contribution in [2.24, 2.45) is 10.7 Å². The van der Waals surface area contributed by atoms with E-state index in [9.17, 15) is 13.2 Å². The van der Waals surface area contributed by atoms with Crippen molar-refractivity contribution in [3.05, 3.63) is 24.3 Å². The summed E-state index contributed by atoms with van der Waals surface area (Å²) in [5.74, 6) is 0.293. The summed E-state index contributed by atoms with van der Waals surface area (Å²) in [7, 11) is -3.68. The molecule has 126 valence electrons. The van der Waals surface area contributed by atoms with Crippen molar-refractivity contribution in [1.29, 1.82) is 0 Å². The molecule has 1 unspecified atom stereocenters. The number of nitrogens with one attached hydrogen (secondary N) is 2. The lowest BCUT2D eigenvalue weighted by Crippen LogP contribution is -2.29. The normalized spacial score (nSPS) is 15.8. The van der Waals surface area contributed by atoms with E-state index in [2.05, 4.69) is 15.0 Å². The molecule has 7 nitrogen and oxygen atoms in total. The highest BCUT2D eigenvalue weighted by atomic mass is 32.2. The van der Waals surface area contributed by atoms with Crippen LogP contribution in [0.3, 0.4) is 0 Å². The first-order valence-electron chi connectivity index (χ1n) is 7.58. The number of hydrogen-bond donors (Lipinski definition) is 3. The zero-order valence-corrected chi connectivity index (χ0v) is 13.9. The number of rotatable bonds is 6. The number of anilines is 1. The average Bonchev–Trinajstić information content (AvgIpc) is 2.97. The summed E-state index contributed by atoms with van der Waals surface area (Å²) < 4.78 is 27.1. The van der Waals surface area contributed by atoms with Gasteiger partial charge in [-0.2, -0.15) is 0 Å². The van der Waals surface area contributed by atoms with Gasteiger partial charge < -0.3 is 11.1 Å². The maximum atomic E-state index is 12.3. The fourth-order valence-electron chi connectivity index (χ4n) is 2.16. The van der Waals surface area contributed by atoms with Gasteiger partial charge in [-0.1, -0.05) is 6.07 Å². The van der Waals surface area contributed by atoms with Crippen LogP contribution >= 0.6 is 0 Å². The summed E-state index contributed by atoms with van der Waals surface area (Å²) in [6.07, 6.45) is 2.36. The van der Waals surface area contributed by atoms with Crippen LogP contribution in [-0.2, 0) is 14.8 Å². The van der Waals surface area contributed by atoms with Crippen LogP contribution in [0.15, 0.2) is 34.2 Å². The van der Waals surface area contributed by atoms with Gasteiger partial charge in [0.2, 0.25) is 5.91 Å². The number of aliphatic imine (C=N–C) groups is 1. The molecule has 1 aromatic rings. The number of benzene rings is 1. The van der Waals surface area contributed by atoms with Gasteiger partial charge in [-0.05, 0) is 38.0 Å². The monoisotopic (exact) mass is 338 g/mol. The molecule has 0 saturated heterocycles. The first-order valence-corrected chi connectivity index (χ1v) is 9.07. The van der Waals surface area contributed by atoms with Crippen LogP contribution in [0.2, 0.25) is 0 Å². The number of carbonyl (C=O) groups is 1. The summed E-state index contributed by atoms with van der Waals surface area (Å²) in [6.45, 7) is 2.48. The quantitative estimate of drug-likeness (QED) is 0.723. The van der Waals surface area contributed by atoms with Crippen molar-refractivity contribution in [2.45, 2.75) is 43.5 Å². The lowest BCUT2D eigenvalue weighted by Gasteiger charge is -2.10. The van der Waals surface area contributed by atoms with Crippen LogP contribution < -0.4 is 15.8 Å². The van der Waals surface area contributed by atoms with Crippen molar-refractivity contribution >= 4 is 27.5 Å². The first-order chi connectivity index (χ1) is 10.9. The molecule has 1 heterocycles. The number of nitrogens with two attached hydrogens (primary N) is 1. The molecule has 4 N–H and O–H groups in total. The molecule has 1 aliphatic heterocycles. The molecule has 8 heteroatoms. The van der Waals surface area contributed by atoms with Crippen LogP contribution in [-0.4, -0.2) is 32.7 Å². The van der Waals surface area contributed by atoms with Crippen LogP contribution in [0, 0.1) is 0 Å². The van der Waals surface area contributed by atoms with Crippen LogP contribution in [0.25, 0.3) is 0 Å². The second-order valence-electron chi connectivity index (χ2n) is 5.63. The number of carbonyl (C=O) groups excluding carboxylic acids is 1. The fourth-order valence-corrected chi connectivity index (χ4v) is 3.29. The molecule has 1 atom stereocenters. The van der Waals surface area contributed by atoms with E-state index >= 15 is 0 Å². The lowest BCUT2D eigenvalue weighted by atomic mass is 10.2. The van der Waals surface area contributed by atoms with Gasteiger partial charge in [0.05, 0.1) is 4.90 Å². The zero-order valence-electron chi connectivity index (χ0n) is 13.1. The number of sulfonamides is 1. The van der Waals surface area contributed by atoms with E-state index in [-0.39, 0.29) is 16.8 Å². The Morgan fingerprint density at radius 3 is 2.87 bits per heavy atom. The molecule has 0 spiro atoms. The minimum Gasteiger partial charge on any atom is -0.328 e. The Kier molecular flexibility index (Phi) is 5.73. The fraction of sp³-hybridized carbons (Fsp3) is 0.467. The van der Waals surface area contributed by atoms with Crippen LogP contribution in [0.4, 0.5) is 5.69 Å². The Hall–Kier alpha value is -1.93. The van der Waals surface area contributed by atoms with Gasteiger partial charge in [0.25, 0.3) is 10.0 Å². The summed E-state index contributed by atoms with van der Waals surface area (Å²) in [5, 5.41) is 2.69. The van der Waals surface area contributed by atoms with Gasteiger partial charge in [-0.3, -0.25) is 14.5 Å². The molecule has 0 radical (unpaired) electrons. The maximum absolute atomic E-state index is 12.3. The van der Waals surface area contributed by atoms with E-state index in [1.165, 1.54) is 12.1 Å². The Balaban J connectivity index is 2.05. The second kappa shape index (κ2) is 7.56. The Morgan fingerprint density at radius 1 is 1.43 bits per heavy atom. The summed E-state index contributed by atoms with van der Waals surface area (Å²) in [4.78, 5) is 16.0. The minimum atomic E-state index is -3.68. The van der Waals surface area contributed by atoms with Gasteiger partial charge in [0.1, 0.15) is 5.84 Å². The smallest absolute Gasteiger partial charge is 0.262 e. The summed E-state index contributed by atoms with van der Waals surface area (Å²) in [6, 6.07) is 6.10. The first kappa shape index (κ1) is 17.4. The lowest BCUT2D eigenvalue weighted by molar-refractivity contribution is -0.116. The molecule has 2 rings (SSSR count). The minimum absolute atomic E-state index is 0.0520. The van der Waals surface area contributed by atoms with Crippen molar-refractivity contribution in [3.8, 4) is 0 Å². The molecule has 1 aliphatic rings. The predicted molar refractivity (Wildman–Crippen MR) is 89.8 cm³/mol. The van der Waals surface area contributed by atoms with Crippen molar-refractivity contribution < 1.29 is 13.2 Å². The maximum Gasteiger partial charge on any atom is 0.262 e. The highest BCUT2D eigenvalue weighted by molar-refractivity contribution is 7.90. The van der Waals surface area contributed by atoms with E-state index in [0.29, 0.717) is 37.3 Å². The number of nitrogens with zero attached hydrogens (tertiary/aromatic N) is 1. The number of amides is 1. The Morgan fingerprint density at radius 2 is 2.22 bits per heavy atom. The average molecular weight is 338 g/mol. The second-order valence-corrected chi connectivity index (χ2v) is 7.31. The largest absolute Gasteiger partial charge is 0.328 e. The molecule has 0 bridgehead atoms. The number of hydrogen-bond acceptors (Lipinski definition) is 5. The van der Waals surface area contributed by atoms with E-state index < -0.39 is 10.0 Å². The number of amidine groups is 1. The van der Waals surface area contributed by atoms with E-state index in [4.69, 9.17) is 5.73 Å². The third-order valence-corrected chi connectivity index (χ3v) is 4.76. The Bertz CT molecular complexity index is 698. The molecule has 1 aromatic carbocycles. The molecular formula is C15H22N4O3S. The topological polar surface area (TPSA) is 114 Å². The third-order valence-electron chi connectivity index (χ3n) is 3.38. The van der Waals surface area contributed by atoms with Gasteiger partial charge in [-0.25, -0.2) is 8.42 Å². The van der Waals surface area contributed by atoms with Crippen LogP contribution in [0.1, 0.15) is 32.6 Å². The van der Waals surface area contributed by atoms with E-state index in [1.54, 1.807) is 12.1 Å². The van der Waals surface area contributed by atoms with Gasteiger partial charge in [-0.15, -0.1) is 0 Å². The van der Waals surface area contributed by atoms with E-state index in [0.717, 1.165) is 6.42 Å². The van der Waals surface area contributed by atoms with Crippen molar-refractivity contribution in [1.82, 2.24) is 4.72 Å². The van der Waals surface area contributed by atoms with Crippen molar-refractivity contribution in [2.75, 3.05) is 11.9 Å². The highest BCUT2D eigenvalue weighted by Crippen LogP contribution is 2.17. The molecule has 23 heavy (non-hydrogen) atoms. The standard InChI is InChI=1S/C15H22N4O3S/c1-11(16)7-8-15(20)18-12-4-2-5-13(10-12)23(21,22)19-14-6-3-9-17-14/h2,4-5,10-11H,3,6-9,16H2,1H3,(H,17,19)(H,18,20). The molecule has 1 amide bonds. The third kappa shape index (κ3) is 5.33.